The number of hydrogen-bond donors (Lipinski definition) is 2. The summed E-state index contributed by atoms with van der Waals surface area (Å²) >= 11 is 23.4. The first kappa shape index (κ1) is 21.4. The molecule has 0 unspecified atom stereocenters. The lowest BCUT2D eigenvalue weighted by atomic mass is 10.1. The van der Waals surface area contributed by atoms with E-state index in [4.69, 9.17) is 51.8 Å². The Kier molecular flexibility index (Phi) is 6.33. The average molecular weight is 472 g/mol. The molecule has 2 amide bonds. The second-order valence-electron chi connectivity index (χ2n) is 5.81. The molecule has 1 saturated heterocycles. The van der Waals surface area contributed by atoms with Crippen LogP contribution in [0.2, 0.25) is 15.1 Å². The van der Waals surface area contributed by atoms with Crippen molar-refractivity contribution in [1.29, 1.82) is 0 Å². The Morgan fingerprint density at radius 2 is 1.93 bits per heavy atom. The lowest BCUT2D eigenvalue weighted by molar-refractivity contribution is -0.122. The van der Waals surface area contributed by atoms with Gasteiger partial charge in [-0.2, -0.15) is 0 Å². The summed E-state index contributed by atoms with van der Waals surface area (Å²) in [6.07, 6.45) is 1.32. The van der Waals surface area contributed by atoms with Crippen molar-refractivity contribution in [2.24, 2.45) is 0 Å². The SMILES string of the molecule is CCOc1cc(C=C2C(=O)NC(=S)N(c3cccc(Cl)c3Cl)C2=O)cc(Cl)c1O. The highest BCUT2D eigenvalue weighted by atomic mass is 35.5. The highest BCUT2D eigenvalue weighted by Crippen LogP contribution is 2.37. The molecular formula is C19H13Cl3N2O4S. The fourth-order valence-electron chi connectivity index (χ4n) is 2.65. The van der Waals surface area contributed by atoms with Crippen molar-refractivity contribution < 1.29 is 19.4 Å². The van der Waals surface area contributed by atoms with Gasteiger partial charge >= 0.3 is 0 Å². The van der Waals surface area contributed by atoms with E-state index >= 15 is 0 Å². The molecule has 0 radical (unpaired) electrons. The number of benzene rings is 2. The van der Waals surface area contributed by atoms with Crippen LogP contribution in [0.1, 0.15) is 12.5 Å². The number of phenols is 1. The Morgan fingerprint density at radius 1 is 1.21 bits per heavy atom. The van der Waals surface area contributed by atoms with Gasteiger partial charge in [0.2, 0.25) is 0 Å². The standard InChI is InChI=1S/C19H13Cl3N2O4S/c1-2-28-14-8-9(7-12(21)16(14)25)6-10-17(26)23-19(29)24(18(10)27)13-5-3-4-11(20)15(13)22/h3-8,25H,2H2,1H3,(H,23,26,29). The molecule has 0 bridgehead atoms. The van der Waals surface area contributed by atoms with Crippen LogP contribution < -0.4 is 15.0 Å². The fourth-order valence-corrected chi connectivity index (χ4v) is 3.52. The summed E-state index contributed by atoms with van der Waals surface area (Å²) in [6, 6.07) is 7.58. The Labute approximate surface area is 186 Å². The molecule has 0 saturated carbocycles. The molecular weight excluding hydrogens is 459 g/mol. The average Bonchev–Trinajstić information content (AvgIpc) is 2.66. The summed E-state index contributed by atoms with van der Waals surface area (Å²) < 4.78 is 5.32. The first-order valence-electron chi connectivity index (χ1n) is 8.25. The molecule has 2 N–H and O–H groups in total. The molecule has 10 heteroatoms. The lowest BCUT2D eigenvalue weighted by Crippen LogP contribution is -2.54. The van der Waals surface area contributed by atoms with E-state index < -0.39 is 11.8 Å². The fraction of sp³-hybridized carbons (Fsp3) is 0.105. The van der Waals surface area contributed by atoms with Crippen LogP contribution in [0.4, 0.5) is 5.69 Å². The van der Waals surface area contributed by atoms with Crippen molar-refractivity contribution in [3.05, 3.63) is 56.5 Å². The number of thiocarbonyl (C=S) groups is 1. The minimum Gasteiger partial charge on any atom is -0.503 e. The topological polar surface area (TPSA) is 78.9 Å². The van der Waals surface area contributed by atoms with E-state index in [0.29, 0.717) is 12.2 Å². The summed E-state index contributed by atoms with van der Waals surface area (Å²) in [6.45, 7) is 2.03. The van der Waals surface area contributed by atoms with E-state index in [2.05, 4.69) is 5.32 Å². The Morgan fingerprint density at radius 3 is 2.62 bits per heavy atom. The van der Waals surface area contributed by atoms with Gasteiger partial charge in [-0.05, 0) is 55.0 Å². The molecule has 150 valence electrons. The number of ether oxygens (including phenoxy) is 1. The number of halogens is 3. The number of anilines is 1. The highest BCUT2D eigenvalue weighted by molar-refractivity contribution is 7.80. The Bertz CT molecular complexity index is 1070. The van der Waals surface area contributed by atoms with Crippen molar-refractivity contribution in [3.8, 4) is 11.5 Å². The number of aromatic hydroxyl groups is 1. The van der Waals surface area contributed by atoms with Crippen molar-refractivity contribution in [1.82, 2.24) is 5.32 Å². The van der Waals surface area contributed by atoms with Crippen LogP contribution in [-0.4, -0.2) is 28.6 Å². The zero-order valence-corrected chi connectivity index (χ0v) is 17.9. The maximum atomic E-state index is 13.1. The van der Waals surface area contributed by atoms with Gasteiger partial charge in [-0.25, -0.2) is 0 Å². The molecule has 1 heterocycles. The first-order valence-corrected chi connectivity index (χ1v) is 9.79. The van der Waals surface area contributed by atoms with Gasteiger partial charge < -0.3 is 9.84 Å². The number of carbonyl (C=O) groups excluding carboxylic acids is 2. The van der Waals surface area contributed by atoms with Gasteiger partial charge in [-0.3, -0.25) is 19.8 Å². The molecule has 1 fully saturated rings. The number of nitrogens with one attached hydrogen (secondary N) is 1. The van der Waals surface area contributed by atoms with Crippen LogP contribution in [0.25, 0.3) is 6.08 Å². The van der Waals surface area contributed by atoms with Crippen molar-refractivity contribution in [3.63, 3.8) is 0 Å². The molecule has 0 spiro atoms. The highest BCUT2D eigenvalue weighted by Gasteiger charge is 2.35. The van der Waals surface area contributed by atoms with Crippen molar-refractivity contribution in [2.75, 3.05) is 11.5 Å². The Hall–Kier alpha value is -2.32. The Balaban J connectivity index is 2.08. The number of phenolic OH excluding ortho intramolecular Hbond substituents is 1. The molecule has 6 nitrogen and oxygen atoms in total. The number of hydrogen-bond acceptors (Lipinski definition) is 5. The molecule has 1 aliphatic heterocycles. The van der Waals surface area contributed by atoms with E-state index in [1.165, 1.54) is 18.2 Å². The molecule has 0 atom stereocenters. The van der Waals surface area contributed by atoms with Gasteiger partial charge in [-0.1, -0.05) is 40.9 Å². The van der Waals surface area contributed by atoms with E-state index in [-0.39, 0.29) is 42.9 Å². The van der Waals surface area contributed by atoms with Crippen LogP contribution in [0.15, 0.2) is 35.9 Å². The van der Waals surface area contributed by atoms with Crippen LogP contribution in [0, 0.1) is 0 Å². The number of rotatable bonds is 4. The molecule has 3 rings (SSSR count). The summed E-state index contributed by atoms with van der Waals surface area (Å²) in [5.41, 5.74) is 0.400. The predicted molar refractivity (Wildman–Crippen MR) is 117 cm³/mol. The monoisotopic (exact) mass is 470 g/mol. The summed E-state index contributed by atoms with van der Waals surface area (Å²) in [7, 11) is 0. The molecule has 0 aliphatic carbocycles. The van der Waals surface area contributed by atoms with Gasteiger partial charge in [-0.15, -0.1) is 0 Å². The third-order valence-electron chi connectivity index (χ3n) is 3.94. The number of carbonyl (C=O) groups is 2. The maximum Gasteiger partial charge on any atom is 0.270 e. The van der Waals surface area contributed by atoms with E-state index in [1.807, 2.05) is 0 Å². The van der Waals surface area contributed by atoms with Crippen LogP contribution in [-0.2, 0) is 9.59 Å². The lowest BCUT2D eigenvalue weighted by Gasteiger charge is -2.29. The van der Waals surface area contributed by atoms with Crippen LogP contribution >= 0.6 is 47.0 Å². The molecule has 1 aliphatic rings. The van der Waals surface area contributed by atoms with Crippen LogP contribution in [0.3, 0.4) is 0 Å². The maximum absolute atomic E-state index is 13.1. The predicted octanol–water partition coefficient (Wildman–Crippen LogP) is 4.58. The van der Waals surface area contributed by atoms with E-state index in [1.54, 1.807) is 25.1 Å². The van der Waals surface area contributed by atoms with Gasteiger partial charge in [0.15, 0.2) is 16.6 Å². The summed E-state index contributed by atoms with van der Waals surface area (Å²) in [5.74, 6) is -1.48. The van der Waals surface area contributed by atoms with Gasteiger partial charge in [0.05, 0.1) is 27.4 Å². The normalized spacial score (nSPS) is 15.7. The van der Waals surface area contributed by atoms with Gasteiger partial charge in [0.25, 0.3) is 11.8 Å². The number of amides is 2. The second kappa shape index (κ2) is 8.59. The first-order chi connectivity index (χ1) is 13.7. The van der Waals surface area contributed by atoms with E-state index in [9.17, 15) is 14.7 Å². The molecule has 29 heavy (non-hydrogen) atoms. The van der Waals surface area contributed by atoms with Gasteiger partial charge in [0.1, 0.15) is 5.57 Å². The quantitative estimate of drug-likeness (QED) is 0.388. The minimum absolute atomic E-state index is 0.0109. The zero-order valence-electron chi connectivity index (χ0n) is 14.8. The summed E-state index contributed by atoms with van der Waals surface area (Å²) in [4.78, 5) is 26.6. The molecule has 2 aromatic carbocycles. The van der Waals surface area contributed by atoms with Gasteiger partial charge in [0, 0.05) is 0 Å². The zero-order chi connectivity index (χ0) is 21.3. The smallest absolute Gasteiger partial charge is 0.270 e. The van der Waals surface area contributed by atoms with Crippen molar-refractivity contribution in [2.45, 2.75) is 6.92 Å². The van der Waals surface area contributed by atoms with Crippen LogP contribution in [0.5, 0.6) is 11.5 Å². The molecule has 0 aromatic heterocycles. The second-order valence-corrected chi connectivity index (χ2v) is 7.39. The third-order valence-corrected chi connectivity index (χ3v) is 5.32. The third kappa shape index (κ3) is 4.18. The number of nitrogens with zero attached hydrogens (tertiary/aromatic N) is 1. The minimum atomic E-state index is -0.690. The largest absolute Gasteiger partial charge is 0.503 e. The van der Waals surface area contributed by atoms with E-state index in [0.717, 1.165) is 4.90 Å². The molecule has 2 aromatic rings. The summed E-state index contributed by atoms with van der Waals surface area (Å²) in [5, 5.41) is 12.7. The van der Waals surface area contributed by atoms with Crippen molar-refractivity contribution >= 4 is 75.7 Å².